The SMILES string of the molecule is COC(CN)CC(=O)Nc1nc(-c2ccco2)cs1.Cl. The van der Waals surface area contributed by atoms with E-state index in [1.807, 2.05) is 11.4 Å². The van der Waals surface area contributed by atoms with E-state index in [2.05, 4.69) is 10.3 Å². The van der Waals surface area contributed by atoms with Crippen molar-refractivity contribution >= 4 is 34.8 Å². The first kappa shape index (κ1) is 16.6. The van der Waals surface area contributed by atoms with Gasteiger partial charge in [-0.3, -0.25) is 4.79 Å². The Morgan fingerprint density at radius 1 is 1.65 bits per heavy atom. The maximum absolute atomic E-state index is 11.7. The Kier molecular flexibility index (Phi) is 6.66. The number of halogens is 1. The predicted octanol–water partition coefficient (Wildman–Crippen LogP) is 2.13. The minimum atomic E-state index is -0.274. The number of carbonyl (C=O) groups is 1. The Bertz CT molecular complexity index is 526. The lowest BCUT2D eigenvalue weighted by Gasteiger charge is -2.11. The molecule has 0 saturated heterocycles. The third-order valence-electron chi connectivity index (χ3n) is 2.53. The zero-order valence-corrected chi connectivity index (χ0v) is 12.5. The highest BCUT2D eigenvalue weighted by atomic mass is 35.5. The van der Waals surface area contributed by atoms with Gasteiger partial charge in [0.25, 0.3) is 0 Å². The third-order valence-corrected chi connectivity index (χ3v) is 3.29. The summed E-state index contributed by atoms with van der Waals surface area (Å²) in [5.74, 6) is 0.506. The Morgan fingerprint density at radius 3 is 3.05 bits per heavy atom. The van der Waals surface area contributed by atoms with Crippen LogP contribution < -0.4 is 11.1 Å². The number of anilines is 1. The van der Waals surface area contributed by atoms with Gasteiger partial charge < -0.3 is 20.2 Å². The number of aromatic nitrogens is 1. The standard InChI is InChI=1S/C12H15N3O3S.ClH/c1-17-8(6-13)5-11(16)15-12-14-9(7-19-12)10-3-2-4-18-10;/h2-4,7-8H,5-6,13H2,1H3,(H,14,15,16);1H. The van der Waals surface area contributed by atoms with Crippen molar-refractivity contribution in [3.8, 4) is 11.5 Å². The van der Waals surface area contributed by atoms with Crippen LogP contribution in [0.15, 0.2) is 28.2 Å². The average Bonchev–Trinajstić information content (AvgIpc) is 3.06. The number of amides is 1. The summed E-state index contributed by atoms with van der Waals surface area (Å²) in [5.41, 5.74) is 6.16. The van der Waals surface area contributed by atoms with Crippen LogP contribution in [0.1, 0.15) is 6.42 Å². The van der Waals surface area contributed by atoms with Gasteiger partial charge in [0.05, 0.1) is 18.8 Å². The molecule has 20 heavy (non-hydrogen) atoms. The van der Waals surface area contributed by atoms with E-state index in [4.69, 9.17) is 14.9 Å². The average molecular weight is 318 g/mol. The van der Waals surface area contributed by atoms with E-state index in [-0.39, 0.29) is 30.8 Å². The first-order valence-corrected chi connectivity index (χ1v) is 6.63. The summed E-state index contributed by atoms with van der Waals surface area (Å²) in [4.78, 5) is 16.0. The molecular formula is C12H16ClN3O3S. The number of nitrogens with one attached hydrogen (secondary N) is 1. The van der Waals surface area contributed by atoms with Crippen LogP contribution in [0.25, 0.3) is 11.5 Å². The van der Waals surface area contributed by atoms with Crippen molar-refractivity contribution in [2.75, 3.05) is 19.0 Å². The second kappa shape index (κ2) is 8.01. The molecule has 1 atom stereocenters. The van der Waals surface area contributed by atoms with Crippen LogP contribution >= 0.6 is 23.7 Å². The number of methoxy groups -OCH3 is 1. The summed E-state index contributed by atoms with van der Waals surface area (Å²) < 4.78 is 10.3. The summed E-state index contributed by atoms with van der Waals surface area (Å²) in [6.45, 7) is 0.305. The molecule has 2 aromatic heterocycles. The van der Waals surface area contributed by atoms with Crippen LogP contribution in [0.4, 0.5) is 5.13 Å². The third kappa shape index (κ3) is 4.31. The lowest BCUT2D eigenvalue weighted by atomic mass is 10.2. The molecule has 3 N–H and O–H groups in total. The molecule has 2 aromatic rings. The molecule has 0 aliphatic heterocycles. The molecule has 0 fully saturated rings. The number of furan rings is 1. The van der Waals surface area contributed by atoms with Crippen molar-refractivity contribution < 1.29 is 13.9 Å². The molecule has 8 heteroatoms. The van der Waals surface area contributed by atoms with E-state index in [9.17, 15) is 4.79 Å². The van der Waals surface area contributed by atoms with E-state index in [1.54, 1.807) is 12.3 Å². The summed E-state index contributed by atoms with van der Waals surface area (Å²) in [7, 11) is 1.53. The second-order valence-corrected chi connectivity index (χ2v) is 4.72. The van der Waals surface area contributed by atoms with Crippen LogP contribution in [0, 0.1) is 0 Å². The van der Waals surface area contributed by atoms with Gasteiger partial charge >= 0.3 is 0 Å². The molecule has 0 bridgehead atoms. The summed E-state index contributed by atoms with van der Waals surface area (Å²) in [6.07, 6.45) is 1.52. The van der Waals surface area contributed by atoms with Gasteiger partial charge in [0.2, 0.25) is 5.91 Å². The smallest absolute Gasteiger partial charge is 0.228 e. The van der Waals surface area contributed by atoms with Crippen LogP contribution in [0.3, 0.4) is 0 Å². The van der Waals surface area contributed by atoms with E-state index >= 15 is 0 Å². The minimum Gasteiger partial charge on any atom is -0.463 e. The number of rotatable bonds is 6. The maximum Gasteiger partial charge on any atom is 0.228 e. The number of hydrogen-bond acceptors (Lipinski definition) is 6. The molecule has 0 aliphatic rings. The van der Waals surface area contributed by atoms with Crippen LogP contribution in [0.5, 0.6) is 0 Å². The molecule has 1 amide bonds. The van der Waals surface area contributed by atoms with Crippen LogP contribution in [-0.2, 0) is 9.53 Å². The lowest BCUT2D eigenvalue weighted by Crippen LogP contribution is -2.28. The molecule has 0 saturated carbocycles. The molecular weight excluding hydrogens is 302 g/mol. The Labute approximate surface area is 126 Å². The Balaban J connectivity index is 0.00000200. The Hall–Kier alpha value is -1.41. The minimum absolute atomic E-state index is 0. The highest BCUT2D eigenvalue weighted by molar-refractivity contribution is 7.14. The first-order chi connectivity index (χ1) is 9.22. The van der Waals surface area contributed by atoms with Crippen molar-refractivity contribution in [3.63, 3.8) is 0 Å². The number of hydrogen-bond donors (Lipinski definition) is 2. The molecule has 0 spiro atoms. The molecule has 0 aliphatic carbocycles. The van der Waals surface area contributed by atoms with Crippen LogP contribution in [-0.4, -0.2) is 30.6 Å². The molecule has 0 radical (unpaired) electrons. The van der Waals surface area contributed by atoms with Crippen molar-refractivity contribution in [1.82, 2.24) is 4.98 Å². The quantitative estimate of drug-likeness (QED) is 0.851. The normalized spacial score (nSPS) is 11.7. The fourth-order valence-corrected chi connectivity index (χ4v) is 2.22. The van der Waals surface area contributed by atoms with Crippen molar-refractivity contribution in [1.29, 1.82) is 0 Å². The van der Waals surface area contributed by atoms with Gasteiger partial charge in [-0.1, -0.05) is 0 Å². The number of ether oxygens (including phenoxy) is 1. The summed E-state index contributed by atoms with van der Waals surface area (Å²) in [5, 5.41) is 5.07. The van der Waals surface area contributed by atoms with Gasteiger partial charge in [-0.2, -0.15) is 0 Å². The summed E-state index contributed by atoms with van der Waals surface area (Å²) >= 11 is 1.34. The van der Waals surface area contributed by atoms with Gasteiger partial charge in [0.1, 0.15) is 5.69 Å². The molecule has 110 valence electrons. The molecule has 0 aromatic carbocycles. The van der Waals surface area contributed by atoms with E-state index in [0.29, 0.717) is 23.1 Å². The topological polar surface area (TPSA) is 90.4 Å². The van der Waals surface area contributed by atoms with Gasteiger partial charge in [0.15, 0.2) is 10.9 Å². The van der Waals surface area contributed by atoms with E-state index < -0.39 is 0 Å². The first-order valence-electron chi connectivity index (χ1n) is 5.75. The maximum atomic E-state index is 11.7. The molecule has 2 rings (SSSR count). The van der Waals surface area contributed by atoms with E-state index in [0.717, 1.165) is 0 Å². The largest absolute Gasteiger partial charge is 0.463 e. The van der Waals surface area contributed by atoms with Gasteiger partial charge in [-0.25, -0.2) is 4.98 Å². The number of thiazole rings is 1. The zero-order valence-electron chi connectivity index (χ0n) is 10.9. The highest BCUT2D eigenvalue weighted by Crippen LogP contribution is 2.25. The van der Waals surface area contributed by atoms with Crippen molar-refractivity contribution in [3.05, 3.63) is 23.8 Å². The number of nitrogens with two attached hydrogens (primary N) is 1. The second-order valence-electron chi connectivity index (χ2n) is 3.86. The zero-order chi connectivity index (χ0) is 13.7. The summed E-state index contributed by atoms with van der Waals surface area (Å²) in [6, 6.07) is 3.60. The van der Waals surface area contributed by atoms with Gasteiger partial charge in [-0.15, -0.1) is 23.7 Å². The lowest BCUT2D eigenvalue weighted by molar-refractivity contribution is -0.118. The van der Waals surface area contributed by atoms with Crippen molar-refractivity contribution in [2.24, 2.45) is 5.73 Å². The highest BCUT2D eigenvalue weighted by Gasteiger charge is 2.13. The predicted molar refractivity (Wildman–Crippen MR) is 80.2 cm³/mol. The Morgan fingerprint density at radius 2 is 2.45 bits per heavy atom. The number of carbonyl (C=O) groups excluding carboxylic acids is 1. The van der Waals surface area contributed by atoms with Crippen molar-refractivity contribution in [2.45, 2.75) is 12.5 Å². The van der Waals surface area contributed by atoms with Gasteiger partial charge in [0, 0.05) is 19.0 Å². The molecule has 6 nitrogen and oxygen atoms in total. The van der Waals surface area contributed by atoms with Gasteiger partial charge in [-0.05, 0) is 12.1 Å². The number of nitrogens with zero attached hydrogens (tertiary/aromatic N) is 1. The molecule has 1 unspecified atom stereocenters. The monoisotopic (exact) mass is 317 g/mol. The van der Waals surface area contributed by atoms with Crippen LogP contribution in [0.2, 0.25) is 0 Å². The fourth-order valence-electron chi connectivity index (χ4n) is 1.51. The van der Waals surface area contributed by atoms with E-state index in [1.165, 1.54) is 18.4 Å². The molecule has 2 heterocycles. The fraction of sp³-hybridized carbons (Fsp3) is 0.333.